The predicted octanol–water partition coefficient (Wildman–Crippen LogP) is 1.94. The molecule has 0 aromatic heterocycles. The number of fused-ring (bicyclic) bond motifs is 1. The maximum absolute atomic E-state index is 11.3. The fraction of sp³-hybridized carbons (Fsp3) is 0.900. The molecular weight excluding hydrogens is 150 g/mol. The summed E-state index contributed by atoms with van der Waals surface area (Å²) in [7, 11) is 0. The second-order valence-corrected chi connectivity index (χ2v) is 4.03. The minimum atomic E-state index is 0.401. The van der Waals surface area contributed by atoms with Crippen molar-refractivity contribution in [2.45, 2.75) is 57.5 Å². The molecule has 12 heavy (non-hydrogen) atoms. The van der Waals surface area contributed by atoms with E-state index in [4.69, 9.17) is 0 Å². The summed E-state index contributed by atoms with van der Waals surface area (Å²) in [6, 6.07) is 1.22. The highest BCUT2D eigenvalue weighted by Crippen LogP contribution is 2.34. The number of hydrogen-bond acceptors (Lipinski definition) is 1. The van der Waals surface area contributed by atoms with Gasteiger partial charge in [-0.05, 0) is 25.7 Å². The molecular formula is C10H17NO. The molecule has 0 bridgehead atoms. The van der Waals surface area contributed by atoms with Gasteiger partial charge in [-0.15, -0.1) is 0 Å². The Labute approximate surface area is 73.9 Å². The van der Waals surface area contributed by atoms with Crippen LogP contribution in [0.1, 0.15) is 45.4 Å². The first-order valence-electron chi connectivity index (χ1n) is 5.14. The van der Waals surface area contributed by atoms with E-state index in [2.05, 4.69) is 11.8 Å². The standard InChI is InChI=1S/C10H17NO/c1-2-4-8-5-3-6-9-7-10(12)11(8)9/h8-9H,2-7H2,1H3/t8-,9-/m0/s1. The highest BCUT2D eigenvalue weighted by Gasteiger charge is 2.42. The molecule has 2 nitrogen and oxygen atoms in total. The Morgan fingerprint density at radius 1 is 1.50 bits per heavy atom. The molecule has 2 aliphatic rings. The first-order chi connectivity index (χ1) is 5.83. The molecule has 0 radical (unpaired) electrons. The smallest absolute Gasteiger partial charge is 0.225 e. The summed E-state index contributed by atoms with van der Waals surface area (Å²) in [5.74, 6) is 0.401. The third kappa shape index (κ3) is 1.13. The summed E-state index contributed by atoms with van der Waals surface area (Å²) in [6.07, 6.45) is 7.09. The first-order valence-corrected chi connectivity index (χ1v) is 5.14. The zero-order valence-corrected chi connectivity index (χ0v) is 7.75. The molecule has 2 saturated heterocycles. The molecule has 2 heteroatoms. The number of amides is 1. The van der Waals surface area contributed by atoms with Crippen molar-refractivity contribution < 1.29 is 4.79 Å². The van der Waals surface area contributed by atoms with Gasteiger partial charge in [0.05, 0.1) is 0 Å². The summed E-state index contributed by atoms with van der Waals surface area (Å²) in [5.41, 5.74) is 0. The first kappa shape index (κ1) is 8.09. The molecule has 1 amide bonds. The molecule has 0 N–H and O–H groups in total. The number of rotatable bonds is 2. The highest BCUT2D eigenvalue weighted by molar-refractivity contribution is 5.83. The summed E-state index contributed by atoms with van der Waals surface area (Å²) in [6.45, 7) is 2.20. The van der Waals surface area contributed by atoms with E-state index in [0.29, 0.717) is 18.0 Å². The molecule has 0 spiro atoms. The van der Waals surface area contributed by atoms with Gasteiger partial charge < -0.3 is 4.90 Å². The number of carbonyl (C=O) groups is 1. The molecule has 2 aliphatic heterocycles. The van der Waals surface area contributed by atoms with Crippen LogP contribution in [0.3, 0.4) is 0 Å². The normalized spacial score (nSPS) is 34.4. The number of β-lactam (4-membered cyclic amide) rings is 1. The molecule has 0 unspecified atom stereocenters. The average molecular weight is 167 g/mol. The van der Waals surface area contributed by atoms with Crippen LogP contribution in [0.15, 0.2) is 0 Å². The van der Waals surface area contributed by atoms with E-state index >= 15 is 0 Å². The van der Waals surface area contributed by atoms with Gasteiger partial charge in [-0.2, -0.15) is 0 Å². The van der Waals surface area contributed by atoms with E-state index in [1.807, 2.05) is 0 Å². The molecule has 0 aliphatic carbocycles. The Morgan fingerprint density at radius 2 is 2.33 bits per heavy atom. The van der Waals surface area contributed by atoms with Crippen molar-refractivity contribution in [1.82, 2.24) is 4.90 Å². The van der Waals surface area contributed by atoms with Crippen molar-refractivity contribution in [2.75, 3.05) is 0 Å². The highest BCUT2D eigenvalue weighted by atomic mass is 16.2. The van der Waals surface area contributed by atoms with Crippen LogP contribution in [0.2, 0.25) is 0 Å². The summed E-state index contributed by atoms with van der Waals surface area (Å²) >= 11 is 0. The monoisotopic (exact) mass is 167 g/mol. The Hall–Kier alpha value is -0.530. The van der Waals surface area contributed by atoms with Crippen molar-refractivity contribution >= 4 is 5.91 Å². The SMILES string of the molecule is CCC[C@H]1CCC[C@H]2CC(=O)N12. The zero-order chi connectivity index (χ0) is 8.55. The molecule has 2 atom stereocenters. The topological polar surface area (TPSA) is 20.3 Å². The third-order valence-electron chi connectivity index (χ3n) is 3.18. The lowest BCUT2D eigenvalue weighted by Crippen LogP contribution is -2.59. The second kappa shape index (κ2) is 3.08. The third-order valence-corrected chi connectivity index (χ3v) is 3.18. The van der Waals surface area contributed by atoms with Gasteiger partial charge in [-0.1, -0.05) is 13.3 Å². The van der Waals surface area contributed by atoms with Crippen LogP contribution >= 0.6 is 0 Å². The lowest BCUT2D eigenvalue weighted by Gasteiger charge is -2.49. The Kier molecular flexibility index (Phi) is 2.07. The molecule has 2 rings (SSSR count). The molecule has 0 aromatic rings. The van der Waals surface area contributed by atoms with E-state index in [1.54, 1.807) is 0 Å². The van der Waals surface area contributed by atoms with Crippen molar-refractivity contribution in [3.05, 3.63) is 0 Å². The van der Waals surface area contributed by atoms with Crippen LogP contribution in [0.4, 0.5) is 0 Å². The van der Waals surface area contributed by atoms with Gasteiger partial charge in [0.1, 0.15) is 0 Å². The zero-order valence-electron chi connectivity index (χ0n) is 7.75. The average Bonchev–Trinajstić information content (AvgIpc) is 2.03. The van der Waals surface area contributed by atoms with Crippen LogP contribution < -0.4 is 0 Å². The van der Waals surface area contributed by atoms with Gasteiger partial charge in [0.2, 0.25) is 5.91 Å². The van der Waals surface area contributed by atoms with Crippen molar-refractivity contribution in [2.24, 2.45) is 0 Å². The quantitative estimate of drug-likeness (QED) is 0.575. The second-order valence-electron chi connectivity index (χ2n) is 4.03. The lowest BCUT2D eigenvalue weighted by molar-refractivity contribution is -0.153. The van der Waals surface area contributed by atoms with Crippen molar-refractivity contribution in [1.29, 1.82) is 0 Å². The Bertz CT molecular complexity index is 188. The molecule has 0 aromatic carbocycles. The van der Waals surface area contributed by atoms with Gasteiger partial charge in [0.25, 0.3) is 0 Å². The van der Waals surface area contributed by atoms with Gasteiger partial charge >= 0.3 is 0 Å². The van der Waals surface area contributed by atoms with Gasteiger partial charge in [0.15, 0.2) is 0 Å². The maximum Gasteiger partial charge on any atom is 0.225 e. The number of carbonyl (C=O) groups excluding carboxylic acids is 1. The summed E-state index contributed by atoms with van der Waals surface area (Å²) < 4.78 is 0. The fourth-order valence-electron chi connectivity index (χ4n) is 2.58. The molecule has 2 heterocycles. The Balaban J connectivity index is 1.98. The van der Waals surface area contributed by atoms with Crippen LogP contribution in [0, 0.1) is 0 Å². The van der Waals surface area contributed by atoms with Crippen LogP contribution in [-0.4, -0.2) is 22.9 Å². The lowest BCUT2D eigenvalue weighted by atomic mass is 9.85. The van der Waals surface area contributed by atoms with Crippen LogP contribution in [-0.2, 0) is 4.79 Å². The number of hydrogen-bond donors (Lipinski definition) is 0. The molecule has 0 saturated carbocycles. The summed E-state index contributed by atoms with van der Waals surface area (Å²) in [5, 5.41) is 0. The predicted molar refractivity (Wildman–Crippen MR) is 47.8 cm³/mol. The fourth-order valence-corrected chi connectivity index (χ4v) is 2.58. The maximum atomic E-state index is 11.3. The van der Waals surface area contributed by atoms with E-state index < -0.39 is 0 Å². The van der Waals surface area contributed by atoms with Crippen molar-refractivity contribution in [3.8, 4) is 0 Å². The largest absolute Gasteiger partial charge is 0.336 e. The molecule has 68 valence electrons. The van der Waals surface area contributed by atoms with Gasteiger partial charge in [-0.3, -0.25) is 4.79 Å². The van der Waals surface area contributed by atoms with Gasteiger partial charge in [0, 0.05) is 18.5 Å². The van der Waals surface area contributed by atoms with Crippen molar-refractivity contribution in [3.63, 3.8) is 0 Å². The van der Waals surface area contributed by atoms with Crippen LogP contribution in [0.5, 0.6) is 0 Å². The van der Waals surface area contributed by atoms with E-state index in [9.17, 15) is 4.79 Å². The van der Waals surface area contributed by atoms with Gasteiger partial charge in [-0.25, -0.2) is 0 Å². The minimum Gasteiger partial charge on any atom is -0.336 e. The van der Waals surface area contributed by atoms with E-state index in [1.165, 1.54) is 32.1 Å². The van der Waals surface area contributed by atoms with E-state index in [-0.39, 0.29) is 0 Å². The van der Waals surface area contributed by atoms with E-state index in [0.717, 1.165) is 6.42 Å². The number of piperidine rings is 1. The number of nitrogens with zero attached hydrogens (tertiary/aromatic N) is 1. The molecule has 2 fully saturated rings. The van der Waals surface area contributed by atoms with Crippen LogP contribution in [0.25, 0.3) is 0 Å². The Morgan fingerprint density at radius 3 is 3.00 bits per heavy atom. The summed E-state index contributed by atoms with van der Waals surface area (Å²) in [4.78, 5) is 13.4. The minimum absolute atomic E-state index is 0.401.